The molecular weight excluding hydrogens is 432 g/mol. The zero-order chi connectivity index (χ0) is 25.1. The van der Waals surface area contributed by atoms with Crippen molar-refractivity contribution in [1.82, 2.24) is 0 Å². The fourth-order valence-corrected chi connectivity index (χ4v) is 4.58. The van der Waals surface area contributed by atoms with Gasteiger partial charge in [-0.3, -0.25) is 0 Å². The summed E-state index contributed by atoms with van der Waals surface area (Å²) in [7, 11) is 0. The highest BCUT2D eigenvalue weighted by molar-refractivity contribution is 7.80. The van der Waals surface area contributed by atoms with Crippen LogP contribution < -0.4 is 4.74 Å². The molecule has 3 aromatic rings. The molecular formula is C32H40OS. The number of benzene rings is 3. The summed E-state index contributed by atoms with van der Waals surface area (Å²) in [5.41, 5.74) is 7.42. The van der Waals surface area contributed by atoms with Gasteiger partial charge >= 0.3 is 0 Å². The summed E-state index contributed by atoms with van der Waals surface area (Å²) in [6.45, 7) is 17.6. The molecule has 0 N–H and O–H groups in total. The molecule has 1 aliphatic heterocycles. The molecule has 0 radical (unpaired) electrons. The topological polar surface area (TPSA) is 9.23 Å². The lowest BCUT2D eigenvalue weighted by Crippen LogP contribution is -2.28. The van der Waals surface area contributed by atoms with E-state index in [0.717, 1.165) is 22.6 Å². The van der Waals surface area contributed by atoms with Gasteiger partial charge in [-0.15, -0.1) is 12.6 Å². The molecule has 0 amide bonds. The van der Waals surface area contributed by atoms with Crippen molar-refractivity contribution in [3.8, 4) is 5.75 Å². The van der Waals surface area contributed by atoms with Crippen molar-refractivity contribution in [2.24, 2.45) is 0 Å². The standard InChI is InChI=1S/C30H34OS.C2H6/c1-29(2,3)22-17-21-18-24(23-14-10-11-15-27(23)32)26(16-20-12-8-7-9-13-20)31-28(21)25(19-22)30(4,5)6;1-2/h7-15,17-19,26,32H,16H2,1-6H3;1-2H3/t26-;/m0./s1. The molecule has 3 aromatic carbocycles. The zero-order valence-corrected chi connectivity index (χ0v) is 23.0. The Balaban J connectivity index is 0.00000158. The van der Waals surface area contributed by atoms with Gasteiger partial charge in [-0.2, -0.15) is 0 Å². The van der Waals surface area contributed by atoms with Crippen LogP contribution in [0.4, 0.5) is 0 Å². The van der Waals surface area contributed by atoms with Gasteiger partial charge in [0.15, 0.2) is 0 Å². The minimum atomic E-state index is -0.0696. The Morgan fingerprint density at radius 2 is 1.41 bits per heavy atom. The third-order valence-electron chi connectivity index (χ3n) is 6.19. The Morgan fingerprint density at radius 1 is 0.794 bits per heavy atom. The third-order valence-corrected chi connectivity index (χ3v) is 6.58. The van der Waals surface area contributed by atoms with Crippen molar-refractivity contribution in [2.45, 2.75) is 83.6 Å². The summed E-state index contributed by atoms with van der Waals surface area (Å²) < 4.78 is 6.88. The molecule has 180 valence electrons. The maximum Gasteiger partial charge on any atom is 0.131 e. The molecule has 0 saturated carbocycles. The Labute approximate surface area is 212 Å². The summed E-state index contributed by atoms with van der Waals surface area (Å²) in [6, 6.07) is 23.6. The molecule has 1 nitrogen and oxygen atoms in total. The summed E-state index contributed by atoms with van der Waals surface area (Å²) in [4.78, 5) is 0.979. The fourth-order valence-electron chi connectivity index (χ4n) is 4.30. The molecule has 0 spiro atoms. The second-order valence-electron chi connectivity index (χ2n) is 10.9. The van der Waals surface area contributed by atoms with E-state index in [2.05, 4.69) is 108 Å². The van der Waals surface area contributed by atoms with Crippen LogP contribution in [0.15, 0.2) is 71.6 Å². The van der Waals surface area contributed by atoms with Crippen molar-refractivity contribution < 1.29 is 4.74 Å². The van der Waals surface area contributed by atoms with Crippen LogP contribution in [0.1, 0.15) is 83.2 Å². The van der Waals surface area contributed by atoms with Crippen LogP contribution in [0.2, 0.25) is 0 Å². The predicted octanol–water partition coefficient (Wildman–Crippen LogP) is 9.14. The van der Waals surface area contributed by atoms with Gasteiger partial charge in [-0.25, -0.2) is 0 Å². The van der Waals surface area contributed by atoms with Crippen LogP contribution >= 0.6 is 12.6 Å². The van der Waals surface area contributed by atoms with Gasteiger partial charge < -0.3 is 4.74 Å². The molecule has 0 saturated heterocycles. The van der Waals surface area contributed by atoms with Crippen molar-refractivity contribution >= 4 is 24.3 Å². The SMILES string of the molecule is CC.CC(C)(C)c1cc2c(c(C(C)(C)C)c1)O[C@@H](Cc1ccccc1)C(c1ccccc1S)=C2. The van der Waals surface area contributed by atoms with E-state index < -0.39 is 0 Å². The second kappa shape index (κ2) is 10.4. The first-order valence-electron chi connectivity index (χ1n) is 12.4. The van der Waals surface area contributed by atoms with Gasteiger partial charge in [0.05, 0.1) is 0 Å². The van der Waals surface area contributed by atoms with Crippen molar-refractivity contribution in [3.05, 3.63) is 94.5 Å². The van der Waals surface area contributed by atoms with Gasteiger partial charge in [-0.1, -0.05) is 110 Å². The first kappa shape index (κ1) is 26.2. The lowest BCUT2D eigenvalue weighted by atomic mass is 9.77. The predicted molar refractivity (Wildman–Crippen MR) is 151 cm³/mol. The molecule has 1 atom stereocenters. The monoisotopic (exact) mass is 472 g/mol. The second-order valence-corrected chi connectivity index (χ2v) is 11.3. The number of ether oxygens (including phenoxy) is 1. The Hall–Kier alpha value is -2.45. The van der Waals surface area contributed by atoms with Crippen LogP contribution in [-0.4, -0.2) is 6.10 Å². The minimum absolute atomic E-state index is 0.0184. The van der Waals surface area contributed by atoms with Gasteiger partial charge in [0.2, 0.25) is 0 Å². The summed E-state index contributed by atoms with van der Waals surface area (Å²) in [5, 5.41) is 0. The molecule has 2 heteroatoms. The number of thiol groups is 1. The van der Waals surface area contributed by atoms with E-state index in [1.165, 1.54) is 27.8 Å². The van der Waals surface area contributed by atoms with Crippen molar-refractivity contribution in [3.63, 3.8) is 0 Å². The zero-order valence-electron chi connectivity index (χ0n) is 22.1. The number of hydrogen-bond donors (Lipinski definition) is 1. The highest BCUT2D eigenvalue weighted by Crippen LogP contribution is 2.45. The normalized spacial score (nSPS) is 15.4. The molecule has 0 bridgehead atoms. The average Bonchev–Trinajstić information content (AvgIpc) is 2.79. The van der Waals surface area contributed by atoms with E-state index in [4.69, 9.17) is 17.4 Å². The van der Waals surface area contributed by atoms with Gasteiger partial charge in [-0.05, 0) is 45.7 Å². The highest BCUT2D eigenvalue weighted by Gasteiger charge is 2.32. The average molecular weight is 473 g/mol. The summed E-state index contributed by atoms with van der Waals surface area (Å²) in [6.07, 6.45) is 3.09. The maximum absolute atomic E-state index is 6.88. The van der Waals surface area contributed by atoms with Crippen LogP contribution in [-0.2, 0) is 17.3 Å². The highest BCUT2D eigenvalue weighted by atomic mass is 32.1. The van der Waals surface area contributed by atoms with E-state index in [-0.39, 0.29) is 16.9 Å². The van der Waals surface area contributed by atoms with E-state index in [1.807, 2.05) is 19.9 Å². The van der Waals surface area contributed by atoms with Crippen LogP contribution in [0.5, 0.6) is 5.75 Å². The molecule has 0 fully saturated rings. The molecule has 1 aliphatic rings. The molecule has 34 heavy (non-hydrogen) atoms. The van der Waals surface area contributed by atoms with Gasteiger partial charge in [0, 0.05) is 28.0 Å². The maximum atomic E-state index is 6.88. The summed E-state index contributed by atoms with van der Waals surface area (Å²) in [5.74, 6) is 1.02. The molecule has 4 rings (SSSR count). The fraction of sp³-hybridized carbons (Fsp3) is 0.375. The third kappa shape index (κ3) is 5.78. The van der Waals surface area contributed by atoms with Crippen molar-refractivity contribution in [2.75, 3.05) is 0 Å². The lowest BCUT2D eigenvalue weighted by molar-refractivity contribution is 0.248. The van der Waals surface area contributed by atoms with E-state index >= 15 is 0 Å². The van der Waals surface area contributed by atoms with E-state index in [0.29, 0.717) is 0 Å². The molecule has 0 aromatic heterocycles. The largest absolute Gasteiger partial charge is 0.484 e. The molecule has 1 heterocycles. The Bertz CT molecular complexity index is 1140. The van der Waals surface area contributed by atoms with E-state index in [1.54, 1.807) is 0 Å². The number of hydrogen-bond acceptors (Lipinski definition) is 2. The van der Waals surface area contributed by atoms with Crippen LogP contribution in [0.3, 0.4) is 0 Å². The summed E-state index contributed by atoms with van der Waals surface area (Å²) >= 11 is 4.78. The smallest absolute Gasteiger partial charge is 0.131 e. The Morgan fingerprint density at radius 3 is 2.00 bits per heavy atom. The minimum Gasteiger partial charge on any atom is -0.484 e. The van der Waals surface area contributed by atoms with E-state index in [9.17, 15) is 0 Å². The van der Waals surface area contributed by atoms with Crippen molar-refractivity contribution in [1.29, 1.82) is 0 Å². The van der Waals surface area contributed by atoms with Gasteiger partial charge in [0.1, 0.15) is 11.9 Å². The lowest BCUT2D eigenvalue weighted by Gasteiger charge is -2.34. The number of fused-ring (bicyclic) bond motifs is 1. The molecule has 0 unspecified atom stereocenters. The molecule has 0 aliphatic carbocycles. The number of rotatable bonds is 3. The van der Waals surface area contributed by atoms with Gasteiger partial charge in [0.25, 0.3) is 0 Å². The van der Waals surface area contributed by atoms with Crippen LogP contribution in [0.25, 0.3) is 11.6 Å². The first-order chi connectivity index (χ1) is 16.0. The first-order valence-corrected chi connectivity index (χ1v) is 12.9. The quantitative estimate of drug-likeness (QED) is 0.374. The Kier molecular flexibility index (Phi) is 8.03. The van der Waals surface area contributed by atoms with Crippen LogP contribution in [0, 0.1) is 0 Å².